The Morgan fingerprint density at radius 2 is 1.88 bits per heavy atom. The predicted octanol–water partition coefficient (Wildman–Crippen LogP) is 2.12. The van der Waals surface area contributed by atoms with E-state index >= 15 is 0 Å². The molecule has 0 radical (unpaired) electrons. The average molecular weight is 263 g/mol. The third-order valence-electron chi connectivity index (χ3n) is 2.26. The van der Waals surface area contributed by atoms with Gasteiger partial charge in [0, 0.05) is 18.9 Å². The zero-order valence-corrected chi connectivity index (χ0v) is 10.6. The van der Waals surface area contributed by atoms with E-state index in [4.69, 9.17) is 0 Å². The Hall–Kier alpha value is -1.17. The number of sulfone groups is 1. The summed E-state index contributed by atoms with van der Waals surface area (Å²) in [4.78, 5) is 0. The maximum absolute atomic E-state index is 13.3. The zero-order valence-electron chi connectivity index (χ0n) is 9.76. The van der Waals surface area contributed by atoms with Crippen molar-refractivity contribution in [1.29, 1.82) is 0 Å². The molecule has 0 saturated heterocycles. The number of hydrogen-bond donors (Lipinski definition) is 1. The molecule has 17 heavy (non-hydrogen) atoms. The molecule has 0 saturated carbocycles. The van der Waals surface area contributed by atoms with Crippen molar-refractivity contribution < 1.29 is 17.2 Å². The van der Waals surface area contributed by atoms with E-state index in [1.807, 2.05) is 0 Å². The van der Waals surface area contributed by atoms with E-state index in [0.29, 0.717) is 6.42 Å². The minimum Gasteiger partial charge on any atom is -0.383 e. The molecule has 0 atom stereocenters. The SMILES string of the molecule is Cc1cc(F)c(NCCCS(C)(=O)=O)cc1F. The molecule has 1 aromatic rings. The Kier molecular flexibility index (Phi) is 4.45. The van der Waals surface area contributed by atoms with Crippen LogP contribution in [0.4, 0.5) is 14.5 Å². The van der Waals surface area contributed by atoms with E-state index in [1.165, 1.54) is 6.92 Å². The first kappa shape index (κ1) is 13.9. The fourth-order valence-electron chi connectivity index (χ4n) is 1.34. The highest BCUT2D eigenvalue weighted by Gasteiger charge is 2.07. The molecule has 0 aliphatic carbocycles. The van der Waals surface area contributed by atoms with Gasteiger partial charge in [-0.05, 0) is 25.0 Å². The number of hydrogen-bond acceptors (Lipinski definition) is 3. The van der Waals surface area contributed by atoms with Crippen LogP contribution < -0.4 is 5.32 Å². The van der Waals surface area contributed by atoms with Crippen LogP contribution in [0.5, 0.6) is 0 Å². The van der Waals surface area contributed by atoms with Gasteiger partial charge in [-0.25, -0.2) is 17.2 Å². The van der Waals surface area contributed by atoms with E-state index in [2.05, 4.69) is 5.32 Å². The Bertz CT molecular complexity index is 500. The quantitative estimate of drug-likeness (QED) is 0.828. The van der Waals surface area contributed by atoms with Gasteiger partial charge in [-0.1, -0.05) is 0 Å². The van der Waals surface area contributed by atoms with Crippen LogP contribution in [-0.4, -0.2) is 27.0 Å². The van der Waals surface area contributed by atoms with E-state index in [0.717, 1.165) is 18.4 Å². The summed E-state index contributed by atoms with van der Waals surface area (Å²) < 4.78 is 48.2. The summed E-state index contributed by atoms with van der Waals surface area (Å²) in [6.07, 6.45) is 1.49. The molecule has 1 N–H and O–H groups in total. The summed E-state index contributed by atoms with van der Waals surface area (Å²) in [5.41, 5.74) is 0.297. The molecule has 0 amide bonds. The van der Waals surface area contributed by atoms with E-state index < -0.39 is 21.5 Å². The summed E-state index contributed by atoms with van der Waals surface area (Å²) in [6.45, 7) is 1.76. The van der Waals surface area contributed by atoms with Crippen LogP contribution in [-0.2, 0) is 9.84 Å². The predicted molar refractivity (Wildman–Crippen MR) is 63.9 cm³/mol. The lowest BCUT2D eigenvalue weighted by atomic mass is 10.2. The Morgan fingerprint density at radius 1 is 1.24 bits per heavy atom. The second kappa shape index (κ2) is 5.44. The molecular weight excluding hydrogens is 248 g/mol. The van der Waals surface area contributed by atoms with E-state index in [-0.39, 0.29) is 23.5 Å². The van der Waals surface area contributed by atoms with Gasteiger partial charge in [0.25, 0.3) is 0 Å². The maximum Gasteiger partial charge on any atom is 0.147 e. The molecule has 0 unspecified atom stereocenters. The number of benzene rings is 1. The fraction of sp³-hybridized carbons (Fsp3) is 0.455. The van der Waals surface area contributed by atoms with Crippen LogP contribution in [0.3, 0.4) is 0 Å². The van der Waals surface area contributed by atoms with Crippen LogP contribution >= 0.6 is 0 Å². The summed E-state index contributed by atoms with van der Waals surface area (Å²) in [5, 5.41) is 2.67. The largest absolute Gasteiger partial charge is 0.383 e. The number of rotatable bonds is 5. The number of anilines is 1. The Morgan fingerprint density at radius 3 is 2.47 bits per heavy atom. The van der Waals surface area contributed by atoms with Gasteiger partial charge < -0.3 is 5.32 Å². The van der Waals surface area contributed by atoms with Crippen molar-refractivity contribution in [2.24, 2.45) is 0 Å². The highest BCUT2D eigenvalue weighted by Crippen LogP contribution is 2.18. The van der Waals surface area contributed by atoms with Crippen LogP contribution in [0.1, 0.15) is 12.0 Å². The number of aryl methyl sites for hydroxylation is 1. The third-order valence-corrected chi connectivity index (χ3v) is 3.29. The molecule has 1 rings (SSSR count). The Labute approximate surface area is 99.8 Å². The molecule has 6 heteroatoms. The van der Waals surface area contributed by atoms with Crippen molar-refractivity contribution in [3.05, 3.63) is 29.3 Å². The monoisotopic (exact) mass is 263 g/mol. The molecule has 0 aromatic heterocycles. The molecule has 3 nitrogen and oxygen atoms in total. The van der Waals surface area contributed by atoms with Crippen molar-refractivity contribution in [3.8, 4) is 0 Å². The minimum atomic E-state index is -3.01. The summed E-state index contributed by atoms with van der Waals surface area (Å²) >= 11 is 0. The van der Waals surface area contributed by atoms with Crippen LogP contribution in [0.25, 0.3) is 0 Å². The third kappa shape index (κ3) is 4.68. The van der Waals surface area contributed by atoms with Crippen molar-refractivity contribution in [1.82, 2.24) is 0 Å². The van der Waals surface area contributed by atoms with Gasteiger partial charge in [-0.3, -0.25) is 0 Å². The van der Waals surface area contributed by atoms with Crippen LogP contribution in [0.15, 0.2) is 12.1 Å². The molecule has 0 bridgehead atoms. The summed E-state index contributed by atoms with van der Waals surface area (Å²) in [6, 6.07) is 2.18. The number of halogens is 2. The van der Waals surface area contributed by atoms with Gasteiger partial charge >= 0.3 is 0 Å². The zero-order chi connectivity index (χ0) is 13.1. The second-order valence-electron chi connectivity index (χ2n) is 3.99. The van der Waals surface area contributed by atoms with Gasteiger partial charge in [0.15, 0.2) is 0 Å². The topological polar surface area (TPSA) is 46.2 Å². The van der Waals surface area contributed by atoms with Crippen molar-refractivity contribution in [3.63, 3.8) is 0 Å². The van der Waals surface area contributed by atoms with Crippen LogP contribution in [0.2, 0.25) is 0 Å². The number of nitrogens with one attached hydrogen (secondary N) is 1. The average Bonchev–Trinajstić information content (AvgIpc) is 2.18. The van der Waals surface area contributed by atoms with Gasteiger partial charge in [0.05, 0.1) is 11.4 Å². The highest BCUT2D eigenvalue weighted by molar-refractivity contribution is 7.90. The lowest BCUT2D eigenvalue weighted by Crippen LogP contribution is -2.10. The maximum atomic E-state index is 13.3. The fourth-order valence-corrected chi connectivity index (χ4v) is 2.01. The first-order valence-electron chi connectivity index (χ1n) is 5.17. The molecule has 96 valence electrons. The van der Waals surface area contributed by atoms with Gasteiger partial charge in [0.1, 0.15) is 21.5 Å². The molecular formula is C11H15F2NO2S. The van der Waals surface area contributed by atoms with Crippen molar-refractivity contribution in [2.75, 3.05) is 23.9 Å². The van der Waals surface area contributed by atoms with Gasteiger partial charge in [0.2, 0.25) is 0 Å². The van der Waals surface area contributed by atoms with Crippen LogP contribution in [0, 0.1) is 18.6 Å². The first-order valence-corrected chi connectivity index (χ1v) is 7.23. The highest BCUT2D eigenvalue weighted by atomic mass is 32.2. The molecule has 0 heterocycles. The smallest absolute Gasteiger partial charge is 0.147 e. The summed E-state index contributed by atoms with van der Waals surface area (Å²) in [7, 11) is -3.01. The van der Waals surface area contributed by atoms with E-state index in [9.17, 15) is 17.2 Å². The molecule has 0 spiro atoms. The van der Waals surface area contributed by atoms with E-state index in [1.54, 1.807) is 0 Å². The Balaban J connectivity index is 2.55. The lowest BCUT2D eigenvalue weighted by molar-refractivity contribution is 0.593. The molecule has 1 aromatic carbocycles. The lowest BCUT2D eigenvalue weighted by Gasteiger charge is -2.08. The standard InChI is InChI=1S/C11H15F2NO2S/c1-8-6-10(13)11(7-9(8)12)14-4-3-5-17(2,15)16/h6-7,14H,3-5H2,1-2H3. The van der Waals surface area contributed by atoms with Crippen molar-refractivity contribution in [2.45, 2.75) is 13.3 Å². The molecule has 0 aliphatic heterocycles. The second-order valence-corrected chi connectivity index (χ2v) is 6.25. The van der Waals surface area contributed by atoms with Crippen molar-refractivity contribution >= 4 is 15.5 Å². The van der Waals surface area contributed by atoms with Gasteiger partial charge in [-0.2, -0.15) is 0 Å². The molecule has 0 aliphatic rings. The minimum absolute atomic E-state index is 0.0238. The van der Waals surface area contributed by atoms with Gasteiger partial charge in [-0.15, -0.1) is 0 Å². The summed E-state index contributed by atoms with van der Waals surface area (Å²) in [5.74, 6) is -1.00. The molecule has 0 fully saturated rings. The normalized spacial score (nSPS) is 11.5. The first-order chi connectivity index (χ1) is 7.79.